The van der Waals surface area contributed by atoms with Crippen LogP contribution in [-0.2, 0) is 0 Å². The standard InChI is InChI=1S/C14H23N3/c1-12(2)15-13-4-6-14(7-5-13)17-10-8-16(3)9-11-17/h4-7,12,15H,8-11H2,1-3H3. The van der Waals surface area contributed by atoms with Crippen molar-refractivity contribution in [3.05, 3.63) is 24.3 Å². The molecule has 3 nitrogen and oxygen atoms in total. The van der Waals surface area contributed by atoms with E-state index in [4.69, 9.17) is 0 Å². The summed E-state index contributed by atoms with van der Waals surface area (Å²) in [6.07, 6.45) is 0. The number of benzene rings is 1. The molecule has 1 fully saturated rings. The fourth-order valence-electron chi connectivity index (χ4n) is 2.17. The second-order valence-electron chi connectivity index (χ2n) is 5.14. The van der Waals surface area contributed by atoms with Crippen LogP contribution in [0.3, 0.4) is 0 Å². The second-order valence-corrected chi connectivity index (χ2v) is 5.14. The molecule has 0 bridgehead atoms. The highest BCUT2D eigenvalue weighted by molar-refractivity contribution is 5.55. The molecule has 1 heterocycles. The minimum atomic E-state index is 0.490. The largest absolute Gasteiger partial charge is 0.383 e. The Labute approximate surface area is 104 Å². The molecule has 0 atom stereocenters. The van der Waals surface area contributed by atoms with E-state index in [-0.39, 0.29) is 0 Å². The predicted molar refractivity (Wildman–Crippen MR) is 74.9 cm³/mol. The van der Waals surface area contributed by atoms with Crippen LogP contribution in [0, 0.1) is 0 Å². The van der Waals surface area contributed by atoms with E-state index in [9.17, 15) is 0 Å². The number of likely N-dealkylation sites (N-methyl/N-ethyl adjacent to an activating group) is 1. The minimum absolute atomic E-state index is 0.490. The summed E-state index contributed by atoms with van der Waals surface area (Å²) in [4.78, 5) is 4.84. The van der Waals surface area contributed by atoms with E-state index in [1.807, 2.05) is 0 Å². The van der Waals surface area contributed by atoms with Crippen LogP contribution in [-0.4, -0.2) is 44.2 Å². The molecule has 3 heteroatoms. The van der Waals surface area contributed by atoms with Gasteiger partial charge in [0.1, 0.15) is 0 Å². The molecule has 94 valence electrons. The van der Waals surface area contributed by atoms with Gasteiger partial charge in [0.05, 0.1) is 0 Å². The SMILES string of the molecule is CC(C)Nc1ccc(N2CCN(C)CC2)cc1. The summed E-state index contributed by atoms with van der Waals surface area (Å²) in [5.41, 5.74) is 2.55. The smallest absolute Gasteiger partial charge is 0.0368 e. The Hall–Kier alpha value is -1.22. The van der Waals surface area contributed by atoms with Crippen molar-refractivity contribution in [2.45, 2.75) is 19.9 Å². The van der Waals surface area contributed by atoms with E-state index < -0.39 is 0 Å². The number of hydrogen-bond acceptors (Lipinski definition) is 3. The van der Waals surface area contributed by atoms with Crippen LogP contribution in [0.15, 0.2) is 24.3 Å². The van der Waals surface area contributed by atoms with E-state index in [2.05, 4.69) is 60.3 Å². The molecule has 0 aromatic heterocycles. The predicted octanol–water partition coefficient (Wildman–Crippen LogP) is 2.26. The van der Waals surface area contributed by atoms with Gasteiger partial charge in [-0.1, -0.05) is 0 Å². The summed E-state index contributed by atoms with van der Waals surface area (Å²) in [6, 6.07) is 9.28. The lowest BCUT2D eigenvalue weighted by Crippen LogP contribution is -2.44. The van der Waals surface area contributed by atoms with Crippen LogP contribution in [0.1, 0.15) is 13.8 Å². The van der Waals surface area contributed by atoms with Gasteiger partial charge >= 0.3 is 0 Å². The summed E-state index contributed by atoms with van der Waals surface area (Å²) in [5, 5.41) is 3.42. The summed E-state index contributed by atoms with van der Waals surface area (Å²) >= 11 is 0. The lowest BCUT2D eigenvalue weighted by molar-refractivity contribution is 0.313. The monoisotopic (exact) mass is 233 g/mol. The summed E-state index contributed by atoms with van der Waals surface area (Å²) in [5.74, 6) is 0. The summed E-state index contributed by atoms with van der Waals surface area (Å²) < 4.78 is 0. The van der Waals surface area contributed by atoms with Crippen LogP contribution in [0.4, 0.5) is 11.4 Å². The van der Waals surface area contributed by atoms with Crippen molar-refractivity contribution >= 4 is 11.4 Å². The Morgan fingerprint density at radius 3 is 2.12 bits per heavy atom. The molecule has 0 amide bonds. The topological polar surface area (TPSA) is 18.5 Å². The average molecular weight is 233 g/mol. The third-order valence-electron chi connectivity index (χ3n) is 3.19. The lowest BCUT2D eigenvalue weighted by Gasteiger charge is -2.34. The fraction of sp³-hybridized carbons (Fsp3) is 0.571. The Morgan fingerprint density at radius 2 is 1.59 bits per heavy atom. The maximum Gasteiger partial charge on any atom is 0.0368 e. The van der Waals surface area contributed by atoms with Gasteiger partial charge in [0.2, 0.25) is 0 Å². The van der Waals surface area contributed by atoms with Crippen LogP contribution >= 0.6 is 0 Å². The zero-order chi connectivity index (χ0) is 12.3. The molecule has 1 N–H and O–H groups in total. The first-order valence-electron chi connectivity index (χ1n) is 6.45. The first-order chi connectivity index (χ1) is 8.15. The highest BCUT2D eigenvalue weighted by Crippen LogP contribution is 2.19. The molecule has 1 aliphatic heterocycles. The Balaban J connectivity index is 1.97. The van der Waals surface area contributed by atoms with Crippen molar-refractivity contribution < 1.29 is 0 Å². The molecule has 0 unspecified atom stereocenters. The molecular formula is C14H23N3. The number of rotatable bonds is 3. The van der Waals surface area contributed by atoms with Gasteiger partial charge in [0, 0.05) is 43.6 Å². The van der Waals surface area contributed by atoms with Gasteiger partial charge in [-0.15, -0.1) is 0 Å². The van der Waals surface area contributed by atoms with E-state index >= 15 is 0 Å². The Morgan fingerprint density at radius 1 is 1.00 bits per heavy atom. The van der Waals surface area contributed by atoms with Gasteiger partial charge in [-0.3, -0.25) is 0 Å². The molecule has 0 spiro atoms. The normalized spacial score (nSPS) is 17.5. The highest BCUT2D eigenvalue weighted by Gasteiger charge is 2.13. The van der Waals surface area contributed by atoms with E-state index in [0.717, 1.165) is 26.2 Å². The molecule has 2 rings (SSSR count). The van der Waals surface area contributed by atoms with E-state index in [1.165, 1.54) is 11.4 Å². The molecular weight excluding hydrogens is 210 g/mol. The highest BCUT2D eigenvalue weighted by atomic mass is 15.2. The molecule has 1 saturated heterocycles. The third-order valence-corrected chi connectivity index (χ3v) is 3.19. The summed E-state index contributed by atoms with van der Waals surface area (Å²) in [7, 11) is 2.19. The molecule has 0 aliphatic carbocycles. The van der Waals surface area contributed by atoms with Crippen molar-refractivity contribution in [2.75, 3.05) is 43.4 Å². The lowest BCUT2D eigenvalue weighted by atomic mass is 10.2. The van der Waals surface area contributed by atoms with Crippen molar-refractivity contribution in [1.29, 1.82) is 0 Å². The van der Waals surface area contributed by atoms with Crippen molar-refractivity contribution in [3.63, 3.8) is 0 Å². The van der Waals surface area contributed by atoms with Gasteiger partial charge in [-0.25, -0.2) is 0 Å². The van der Waals surface area contributed by atoms with Crippen molar-refractivity contribution in [2.24, 2.45) is 0 Å². The fourth-order valence-corrected chi connectivity index (χ4v) is 2.17. The van der Waals surface area contributed by atoms with Gasteiger partial charge in [-0.05, 0) is 45.2 Å². The van der Waals surface area contributed by atoms with Gasteiger partial charge < -0.3 is 15.1 Å². The number of piperazine rings is 1. The van der Waals surface area contributed by atoms with E-state index in [1.54, 1.807) is 0 Å². The molecule has 1 aromatic carbocycles. The van der Waals surface area contributed by atoms with Crippen LogP contribution in [0.25, 0.3) is 0 Å². The number of nitrogens with zero attached hydrogens (tertiary/aromatic N) is 2. The maximum atomic E-state index is 3.42. The first-order valence-corrected chi connectivity index (χ1v) is 6.45. The van der Waals surface area contributed by atoms with Gasteiger partial charge in [0.15, 0.2) is 0 Å². The van der Waals surface area contributed by atoms with Crippen LogP contribution in [0.2, 0.25) is 0 Å². The molecule has 0 saturated carbocycles. The molecule has 17 heavy (non-hydrogen) atoms. The van der Waals surface area contributed by atoms with Crippen molar-refractivity contribution in [3.8, 4) is 0 Å². The van der Waals surface area contributed by atoms with Gasteiger partial charge in [0.25, 0.3) is 0 Å². The van der Waals surface area contributed by atoms with E-state index in [0.29, 0.717) is 6.04 Å². The van der Waals surface area contributed by atoms with Crippen LogP contribution < -0.4 is 10.2 Å². The molecule has 1 aliphatic rings. The second kappa shape index (κ2) is 5.41. The maximum absolute atomic E-state index is 3.42. The minimum Gasteiger partial charge on any atom is -0.383 e. The third kappa shape index (κ3) is 3.37. The zero-order valence-corrected chi connectivity index (χ0v) is 11.1. The number of nitrogens with one attached hydrogen (secondary N) is 1. The average Bonchev–Trinajstić information content (AvgIpc) is 2.30. The Kier molecular flexibility index (Phi) is 3.89. The van der Waals surface area contributed by atoms with Crippen LogP contribution in [0.5, 0.6) is 0 Å². The quantitative estimate of drug-likeness (QED) is 0.864. The number of hydrogen-bond donors (Lipinski definition) is 1. The zero-order valence-electron chi connectivity index (χ0n) is 11.1. The number of anilines is 2. The molecule has 1 aromatic rings. The van der Waals surface area contributed by atoms with Gasteiger partial charge in [-0.2, -0.15) is 0 Å². The first kappa shape index (κ1) is 12.2. The Bertz CT molecular complexity index is 337. The summed E-state index contributed by atoms with van der Waals surface area (Å²) in [6.45, 7) is 8.90. The van der Waals surface area contributed by atoms with Crippen molar-refractivity contribution in [1.82, 2.24) is 4.90 Å². The molecule has 0 radical (unpaired) electrons.